The molecule has 0 aliphatic rings. The van der Waals surface area contributed by atoms with Gasteiger partial charge in [-0.25, -0.2) is 17.6 Å². The summed E-state index contributed by atoms with van der Waals surface area (Å²) in [5.74, 6) is -1.83. The van der Waals surface area contributed by atoms with Gasteiger partial charge in [0, 0.05) is 0 Å². The summed E-state index contributed by atoms with van der Waals surface area (Å²) in [6.45, 7) is 2.21. The highest BCUT2D eigenvalue weighted by Crippen LogP contribution is 2.22. The normalized spacial score (nSPS) is 11.5. The molecule has 0 bridgehead atoms. The summed E-state index contributed by atoms with van der Waals surface area (Å²) in [6.07, 6.45) is 0. The SMILES string of the molecule is Cc1cc(C(=O)O)cc(S(=O)(=O)CCF)c1C. The number of alkyl halides is 1. The van der Waals surface area contributed by atoms with E-state index in [1.165, 1.54) is 6.07 Å². The number of halogens is 1. The first-order chi connectivity index (χ1) is 7.79. The van der Waals surface area contributed by atoms with Crippen molar-refractivity contribution in [3.05, 3.63) is 28.8 Å². The van der Waals surface area contributed by atoms with Gasteiger partial charge >= 0.3 is 5.97 Å². The van der Waals surface area contributed by atoms with Gasteiger partial charge in [-0.05, 0) is 37.1 Å². The molecule has 0 unspecified atom stereocenters. The van der Waals surface area contributed by atoms with E-state index in [0.717, 1.165) is 6.07 Å². The topological polar surface area (TPSA) is 71.4 Å². The molecule has 0 spiro atoms. The Morgan fingerprint density at radius 3 is 2.41 bits per heavy atom. The largest absolute Gasteiger partial charge is 0.478 e. The number of carboxylic acids is 1. The molecule has 1 aromatic carbocycles. The molecule has 0 radical (unpaired) electrons. The van der Waals surface area contributed by atoms with Crippen LogP contribution >= 0.6 is 0 Å². The van der Waals surface area contributed by atoms with E-state index in [9.17, 15) is 17.6 Å². The maximum Gasteiger partial charge on any atom is 0.335 e. The zero-order valence-corrected chi connectivity index (χ0v) is 10.3. The van der Waals surface area contributed by atoms with Gasteiger partial charge in [0.2, 0.25) is 0 Å². The molecular weight excluding hydrogens is 247 g/mol. The van der Waals surface area contributed by atoms with Crippen LogP contribution in [0, 0.1) is 13.8 Å². The summed E-state index contributed by atoms with van der Waals surface area (Å²) in [4.78, 5) is 10.7. The number of rotatable bonds is 4. The second kappa shape index (κ2) is 4.83. The monoisotopic (exact) mass is 260 g/mol. The first kappa shape index (κ1) is 13.6. The van der Waals surface area contributed by atoms with E-state index in [2.05, 4.69) is 0 Å². The Morgan fingerprint density at radius 2 is 1.94 bits per heavy atom. The number of aromatic carboxylic acids is 1. The summed E-state index contributed by atoms with van der Waals surface area (Å²) in [5.41, 5.74) is 0.913. The van der Waals surface area contributed by atoms with E-state index in [1.54, 1.807) is 13.8 Å². The predicted octanol–water partition coefficient (Wildman–Crippen LogP) is 1.74. The quantitative estimate of drug-likeness (QED) is 0.895. The van der Waals surface area contributed by atoms with Gasteiger partial charge < -0.3 is 5.11 Å². The van der Waals surface area contributed by atoms with Gasteiger partial charge in [-0.2, -0.15) is 0 Å². The van der Waals surface area contributed by atoms with Gasteiger partial charge in [-0.15, -0.1) is 0 Å². The maximum atomic E-state index is 12.2. The maximum absolute atomic E-state index is 12.2. The van der Waals surface area contributed by atoms with Crippen LogP contribution in [0.1, 0.15) is 21.5 Å². The van der Waals surface area contributed by atoms with Crippen molar-refractivity contribution in [2.45, 2.75) is 18.7 Å². The van der Waals surface area contributed by atoms with Crippen molar-refractivity contribution in [2.75, 3.05) is 12.4 Å². The van der Waals surface area contributed by atoms with Crippen LogP contribution in [0.2, 0.25) is 0 Å². The van der Waals surface area contributed by atoms with Gasteiger partial charge in [-0.3, -0.25) is 0 Å². The zero-order valence-electron chi connectivity index (χ0n) is 9.53. The lowest BCUT2D eigenvalue weighted by atomic mass is 10.1. The second-order valence-corrected chi connectivity index (χ2v) is 5.81. The number of hydrogen-bond acceptors (Lipinski definition) is 3. The number of aryl methyl sites for hydroxylation is 1. The first-order valence-corrected chi connectivity index (χ1v) is 6.58. The van der Waals surface area contributed by atoms with Crippen LogP contribution in [0.25, 0.3) is 0 Å². The van der Waals surface area contributed by atoms with Crippen molar-refractivity contribution < 1.29 is 22.7 Å². The highest BCUT2D eigenvalue weighted by Gasteiger charge is 2.20. The number of hydrogen-bond donors (Lipinski definition) is 1. The van der Waals surface area contributed by atoms with E-state index in [0.29, 0.717) is 11.1 Å². The second-order valence-electron chi connectivity index (χ2n) is 3.73. The lowest BCUT2D eigenvalue weighted by molar-refractivity contribution is 0.0696. The van der Waals surface area contributed by atoms with E-state index < -0.39 is 28.2 Å². The van der Waals surface area contributed by atoms with Crippen molar-refractivity contribution in [1.82, 2.24) is 0 Å². The standard InChI is InChI=1S/C11H13FO4S/c1-7-5-9(11(13)14)6-10(8(7)2)17(15,16)4-3-12/h5-6H,3-4H2,1-2H3,(H,13,14). The molecule has 4 nitrogen and oxygen atoms in total. The summed E-state index contributed by atoms with van der Waals surface area (Å²) in [5, 5.41) is 8.85. The van der Waals surface area contributed by atoms with Crippen LogP contribution in [0.3, 0.4) is 0 Å². The Morgan fingerprint density at radius 1 is 1.35 bits per heavy atom. The molecule has 0 saturated carbocycles. The molecule has 0 aromatic heterocycles. The minimum atomic E-state index is -3.76. The molecule has 0 fully saturated rings. The number of sulfone groups is 1. The Hall–Kier alpha value is -1.43. The molecule has 1 rings (SSSR count). The molecule has 0 atom stereocenters. The van der Waals surface area contributed by atoms with Crippen molar-refractivity contribution in [2.24, 2.45) is 0 Å². The van der Waals surface area contributed by atoms with Gasteiger partial charge in [0.05, 0.1) is 16.2 Å². The fourth-order valence-corrected chi connectivity index (χ4v) is 2.84. The molecular formula is C11H13FO4S. The molecule has 0 aliphatic heterocycles. The molecule has 0 amide bonds. The van der Waals surface area contributed by atoms with E-state index >= 15 is 0 Å². The van der Waals surface area contributed by atoms with Crippen LogP contribution in [0.5, 0.6) is 0 Å². The molecule has 1 N–H and O–H groups in total. The number of carbonyl (C=O) groups is 1. The van der Waals surface area contributed by atoms with Crippen LogP contribution in [-0.4, -0.2) is 31.9 Å². The van der Waals surface area contributed by atoms with Gasteiger partial charge in [0.25, 0.3) is 0 Å². The Labute approximate surface area is 99.0 Å². The lowest BCUT2D eigenvalue weighted by Crippen LogP contribution is -2.12. The molecule has 6 heteroatoms. The number of carboxylic acid groups (broad SMARTS) is 1. The van der Waals surface area contributed by atoms with E-state index in [-0.39, 0.29) is 10.5 Å². The van der Waals surface area contributed by atoms with Crippen molar-refractivity contribution in [3.8, 4) is 0 Å². The van der Waals surface area contributed by atoms with E-state index in [1.807, 2.05) is 0 Å². The Balaban J connectivity index is 3.48. The number of benzene rings is 1. The Kier molecular flexibility index (Phi) is 3.87. The summed E-state index contributed by atoms with van der Waals surface area (Å²) in [7, 11) is -3.76. The minimum absolute atomic E-state index is 0.104. The van der Waals surface area contributed by atoms with Gasteiger partial charge in [-0.1, -0.05) is 0 Å². The fourth-order valence-electron chi connectivity index (χ4n) is 1.49. The molecule has 0 aliphatic carbocycles. The average Bonchev–Trinajstić information content (AvgIpc) is 2.21. The van der Waals surface area contributed by atoms with Gasteiger partial charge in [0.1, 0.15) is 6.67 Å². The minimum Gasteiger partial charge on any atom is -0.478 e. The molecule has 0 heterocycles. The summed E-state index contributed by atoms with van der Waals surface area (Å²) < 4.78 is 35.7. The third-order valence-corrected chi connectivity index (χ3v) is 4.33. The van der Waals surface area contributed by atoms with Crippen LogP contribution in [0.4, 0.5) is 4.39 Å². The molecule has 1 aromatic rings. The average molecular weight is 260 g/mol. The molecule has 94 valence electrons. The smallest absolute Gasteiger partial charge is 0.335 e. The third kappa shape index (κ3) is 2.82. The van der Waals surface area contributed by atoms with Gasteiger partial charge in [0.15, 0.2) is 9.84 Å². The summed E-state index contributed by atoms with van der Waals surface area (Å²) in [6, 6.07) is 2.47. The van der Waals surface area contributed by atoms with Crippen molar-refractivity contribution in [1.29, 1.82) is 0 Å². The van der Waals surface area contributed by atoms with Crippen molar-refractivity contribution in [3.63, 3.8) is 0 Å². The lowest BCUT2D eigenvalue weighted by Gasteiger charge is -2.10. The molecule has 0 saturated heterocycles. The van der Waals surface area contributed by atoms with E-state index in [4.69, 9.17) is 5.11 Å². The third-order valence-electron chi connectivity index (χ3n) is 2.55. The fraction of sp³-hybridized carbons (Fsp3) is 0.364. The highest BCUT2D eigenvalue weighted by molar-refractivity contribution is 7.91. The highest BCUT2D eigenvalue weighted by atomic mass is 32.2. The predicted molar refractivity (Wildman–Crippen MR) is 60.9 cm³/mol. The van der Waals surface area contributed by atoms with Crippen LogP contribution in [-0.2, 0) is 9.84 Å². The zero-order chi connectivity index (χ0) is 13.2. The molecule has 17 heavy (non-hydrogen) atoms. The summed E-state index contributed by atoms with van der Waals surface area (Å²) >= 11 is 0. The van der Waals surface area contributed by atoms with Crippen molar-refractivity contribution >= 4 is 15.8 Å². The van der Waals surface area contributed by atoms with Crippen LogP contribution < -0.4 is 0 Å². The van der Waals surface area contributed by atoms with Crippen LogP contribution in [0.15, 0.2) is 17.0 Å². The Bertz CT molecular complexity index is 549. The first-order valence-electron chi connectivity index (χ1n) is 4.93.